The van der Waals surface area contributed by atoms with Gasteiger partial charge < -0.3 is 19.3 Å². The van der Waals surface area contributed by atoms with Crippen LogP contribution < -0.4 is 14.5 Å². The van der Waals surface area contributed by atoms with Gasteiger partial charge in [-0.15, -0.1) is 11.3 Å². The molecule has 3 aromatic rings. The molecule has 2 aliphatic heterocycles. The lowest BCUT2D eigenvalue weighted by molar-refractivity contribution is -0.140. The van der Waals surface area contributed by atoms with Crippen LogP contribution >= 0.6 is 11.3 Å². The Balaban J connectivity index is 1.29. The lowest BCUT2D eigenvalue weighted by Crippen LogP contribution is -2.31. The second-order valence-corrected chi connectivity index (χ2v) is 11.1. The molecule has 0 saturated carbocycles. The number of piperidine rings is 1. The number of nitrogens with zero attached hydrogens (tertiary/aromatic N) is 5. The number of aryl methyl sites for hydroxylation is 1. The quantitative estimate of drug-likeness (QED) is 0.278. The number of carbonyl (C=O) groups is 1. The number of fused-ring (bicyclic) bond motifs is 1. The molecule has 2 aliphatic rings. The molecule has 0 aliphatic carbocycles. The zero-order valence-electron chi connectivity index (χ0n) is 22.7. The Morgan fingerprint density at radius 3 is 2.74 bits per heavy atom. The molecule has 204 valence electrons. The SMILES string of the molecule is COC(=O)CCCOc1c(C)cc2cccnc2c1N1CCCN(Cc2csc(N3CCCCC3)n2)CC1. The highest BCUT2D eigenvalue weighted by molar-refractivity contribution is 7.13. The summed E-state index contributed by atoms with van der Waals surface area (Å²) in [5.41, 5.74) is 4.32. The predicted molar refractivity (Wildman–Crippen MR) is 154 cm³/mol. The molecule has 2 fully saturated rings. The van der Waals surface area contributed by atoms with Gasteiger partial charge in [-0.3, -0.25) is 14.7 Å². The number of esters is 1. The van der Waals surface area contributed by atoms with Gasteiger partial charge in [-0.2, -0.15) is 0 Å². The van der Waals surface area contributed by atoms with Crippen molar-refractivity contribution < 1.29 is 14.3 Å². The van der Waals surface area contributed by atoms with Gasteiger partial charge >= 0.3 is 5.97 Å². The summed E-state index contributed by atoms with van der Waals surface area (Å²) in [6.07, 6.45) is 7.78. The van der Waals surface area contributed by atoms with Gasteiger partial charge in [-0.25, -0.2) is 4.98 Å². The zero-order chi connectivity index (χ0) is 26.3. The van der Waals surface area contributed by atoms with E-state index in [2.05, 4.69) is 39.1 Å². The lowest BCUT2D eigenvalue weighted by atomic mass is 10.1. The van der Waals surface area contributed by atoms with Crippen LogP contribution in [-0.4, -0.2) is 73.8 Å². The van der Waals surface area contributed by atoms with E-state index in [1.165, 1.54) is 37.2 Å². The molecule has 0 unspecified atom stereocenters. The van der Waals surface area contributed by atoms with Crippen LogP contribution in [0.3, 0.4) is 0 Å². The average Bonchev–Trinajstić information content (AvgIpc) is 3.29. The minimum atomic E-state index is -0.207. The van der Waals surface area contributed by atoms with Gasteiger partial charge in [0.1, 0.15) is 11.4 Å². The predicted octanol–water partition coefficient (Wildman–Crippen LogP) is 5.03. The third-order valence-corrected chi connectivity index (χ3v) is 8.41. The van der Waals surface area contributed by atoms with Crippen LogP contribution in [0, 0.1) is 6.92 Å². The van der Waals surface area contributed by atoms with Crippen molar-refractivity contribution >= 4 is 39.0 Å². The van der Waals surface area contributed by atoms with E-state index in [1.54, 1.807) is 11.3 Å². The fraction of sp³-hybridized carbons (Fsp3) is 0.552. The van der Waals surface area contributed by atoms with Crippen molar-refractivity contribution in [1.82, 2.24) is 14.9 Å². The number of anilines is 2. The van der Waals surface area contributed by atoms with E-state index >= 15 is 0 Å². The summed E-state index contributed by atoms with van der Waals surface area (Å²) in [4.78, 5) is 28.7. The first kappa shape index (κ1) is 26.7. The molecule has 8 nitrogen and oxygen atoms in total. The highest BCUT2D eigenvalue weighted by Crippen LogP contribution is 2.39. The Morgan fingerprint density at radius 2 is 1.89 bits per heavy atom. The molecule has 0 radical (unpaired) electrons. The Hall–Kier alpha value is -2.91. The Labute approximate surface area is 229 Å². The molecule has 1 aromatic carbocycles. The monoisotopic (exact) mass is 537 g/mol. The topological polar surface area (TPSA) is 71.0 Å². The third-order valence-electron chi connectivity index (χ3n) is 7.46. The minimum Gasteiger partial charge on any atom is -0.491 e. The van der Waals surface area contributed by atoms with Crippen LogP contribution in [0.1, 0.15) is 49.8 Å². The molecular weight excluding hydrogens is 498 g/mol. The first-order valence-electron chi connectivity index (χ1n) is 13.9. The van der Waals surface area contributed by atoms with Crippen LogP contribution in [0.15, 0.2) is 29.8 Å². The van der Waals surface area contributed by atoms with Crippen molar-refractivity contribution in [2.24, 2.45) is 0 Å². The molecule has 2 aromatic heterocycles. The van der Waals surface area contributed by atoms with E-state index in [0.29, 0.717) is 19.4 Å². The van der Waals surface area contributed by atoms with Gasteiger partial charge in [0, 0.05) is 69.2 Å². The summed E-state index contributed by atoms with van der Waals surface area (Å²) in [6.45, 7) is 9.57. The van der Waals surface area contributed by atoms with E-state index in [-0.39, 0.29) is 5.97 Å². The highest BCUT2D eigenvalue weighted by Gasteiger charge is 2.24. The van der Waals surface area contributed by atoms with Crippen LogP contribution in [0.2, 0.25) is 0 Å². The molecule has 0 spiro atoms. The Kier molecular flexibility index (Phi) is 8.96. The molecule has 0 bridgehead atoms. The number of methoxy groups -OCH3 is 1. The van der Waals surface area contributed by atoms with Crippen LogP contribution in [0.25, 0.3) is 10.9 Å². The average molecular weight is 538 g/mol. The zero-order valence-corrected chi connectivity index (χ0v) is 23.5. The molecule has 5 rings (SSSR count). The van der Waals surface area contributed by atoms with Crippen molar-refractivity contribution in [3.05, 3.63) is 41.0 Å². The molecular formula is C29H39N5O3S. The maximum absolute atomic E-state index is 11.6. The van der Waals surface area contributed by atoms with Gasteiger partial charge in [-0.1, -0.05) is 6.07 Å². The molecule has 2 saturated heterocycles. The van der Waals surface area contributed by atoms with Crippen LogP contribution in [-0.2, 0) is 16.1 Å². The van der Waals surface area contributed by atoms with Gasteiger partial charge in [0.2, 0.25) is 0 Å². The van der Waals surface area contributed by atoms with Crippen molar-refractivity contribution in [2.45, 2.75) is 52.0 Å². The largest absolute Gasteiger partial charge is 0.491 e. The molecule has 38 heavy (non-hydrogen) atoms. The number of benzene rings is 1. The van der Waals surface area contributed by atoms with Crippen molar-refractivity contribution in [3.63, 3.8) is 0 Å². The Morgan fingerprint density at radius 1 is 1.05 bits per heavy atom. The van der Waals surface area contributed by atoms with E-state index in [9.17, 15) is 4.79 Å². The number of rotatable bonds is 9. The third kappa shape index (κ3) is 6.38. The van der Waals surface area contributed by atoms with Crippen LogP contribution in [0.5, 0.6) is 5.75 Å². The van der Waals surface area contributed by atoms with Gasteiger partial charge in [-0.05, 0) is 56.7 Å². The second kappa shape index (κ2) is 12.8. The maximum Gasteiger partial charge on any atom is 0.305 e. The summed E-state index contributed by atoms with van der Waals surface area (Å²) >= 11 is 1.79. The number of pyridine rings is 1. The second-order valence-electron chi connectivity index (χ2n) is 10.3. The van der Waals surface area contributed by atoms with Crippen molar-refractivity contribution in [1.29, 1.82) is 0 Å². The summed E-state index contributed by atoms with van der Waals surface area (Å²) in [7, 11) is 1.42. The number of ether oxygens (including phenoxy) is 2. The van der Waals surface area contributed by atoms with E-state index < -0.39 is 0 Å². The first-order chi connectivity index (χ1) is 18.6. The van der Waals surface area contributed by atoms with Gasteiger partial charge in [0.05, 0.1) is 24.9 Å². The van der Waals surface area contributed by atoms with Crippen molar-refractivity contribution in [3.8, 4) is 5.75 Å². The molecule has 4 heterocycles. The number of aromatic nitrogens is 2. The van der Waals surface area contributed by atoms with Crippen LogP contribution in [0.4, 0.5) is 10.8 Å². The van der Waals surface area contributed by atoms with Gasteiger partial charge in [0.15, 0.2) is 5.13 Å². The number of hydrogen-bond acceptors (Lipinski definition) is 9. The normalized spacial score (nSPS) is 17.0. The molecule has 0 atom stereocenters. The first-order valence-corrected chi connectivity index (χ1v) is 14.7. The molecule has 0 amide bonds. The number of thiazole rings is 1. The lowest BCUT2D eigenvalue weighted by Gasteiger charge is -2.28. The minimum absolute atomic E-state index is 0.207. The fourth-order valence-electron chi connectivity index (χ4n) is 5.47. The van der Waals surface area contributed by atoms with E-state index in [0.717, 1.165) is 80.1 Å². The summed E-state index contributed by atoms with van der Waals surface area (Å²) in [6, 6.07) is 6.25. The highest BCUT2D eigenvalue weighted by atomic mass is 32.1. The number of hydrogen-bond donors (Lipinski definition) is 0. The summed E-state index contributed by atoms with van der Waals surface area (Å²) < 4.78 is 11.1. The standard InChI is InChI=1S/C29H39N5O3S/c1-22-19-23-9-6-11-30-26(23)27(28(22)37-18-7-10-25(35)36-2)33-15-8-12-32(16-17-33)20-24-21-38-29(31-24)34-13-4-3-5-14-34/h6,9,11,19,21H,3-5,7-8,10,12-18,20H2,1-2H3. The van der Waals surface area contributed by atoms with E-state index in [1.807, 2.05) is 12.3 Å². The van der Waals surface area contributed by atoms with Crippen molar-refractivity contribution in [2.75, 3.05) is 62.8 Å². The Bertz CT molecular complexity index is 1230. The van der Waals surface area contributed by atoms with E-state index in [4.69, 9.17) is 19.4 Å². The molecule has 0 N–H and O–H groups in total. The van der Waals surface area contributed by atoms with Gasteiger partial charge in [0.25, 0.3) is 0 Å². The number of carbonyl (C=O) groups excluding carboxylic acids is 1. The fourth-order valence-corrected chi connectivity index (χ4v) is 6.34. The maximum atomic E-state index is 11.6. The summed E-state index contributed by atoms with van der Waals surface area (Å²) in [5, 5.41) is 4.54. The smallest absolute Gasteiger partial charge is 0.305 e. The summed E-state index contributed by atoms with van der Waals surface area (Å²) in [5.74, 6) is 0.668. The molecule has 9 heteroatoms.